The summed E-state index contributed by atoms with van der Waals surface area (Å²) >= 11 is 0. The molecule has 0 unspecified atom stereocenters. The van der Waals surface area contributed by atoms with Crippen molar-refractivity contribution in [1.82, 2.24) is 0 Å². The van der Waals surface area contributed by atoms with E-state index in [-0.39, 0.29) is 11.2 Å². The fourth-order valence-corrected chi connectivity index (χ4v) is 4.20. The summed E-state index contributed by atoms with van der Waals surface area (Å²) in [6.45, 7) is 12.6. The van der Waals surface area contributed by atoms with Crippen molar-refractivity contribution in [2.24, 2.45) is 0 Å². The lowest BCUT2D eigenvalue weighted by Gasteiger charge is -2.30. The first-order valence-corrected chi connectivity index (χ1v) is 9.46. The SMILES string of the molecule is CC(C)(C)O[Si](CCCCc1ccccc1)OC(C)(C)C. The second-order valence-electron chi connectivity index (χ2n) is 7.49. The molecule has 0 N–H and O–H groups in total. The van der Waals surface area contributed by atoms with E-state index in [1.54, 1.807) is 0 Å². The van der Waals surface area contributed by atoms with E-state index in [2.05, 4.69) is 71.9 Å². The molecule has 0 fully saturated rings. The van der Waals surface area contributed by atoms with Crippen molar-refractivity contribution in [1.29, 1.82) is 0 Å². The fourth-order valence-electron chi connectivity index (χ4n) is 2.05. The second-order valence-corrected chi connectivity index (χ2v) is 9.15. The van der Waals surface area contributed by atoms with Crippen molar-refractivity contribution < 1.29 is 8.85 Å². The normalized spacial score (nSPS) is 12.9. The highest BCUT2D eigenvalue weighted by atomic mass is 28.3. The predicted octanol–water partition coefficient (Wildman–Crippen LogP) is 5.13. The Hall–Kier alpha value is -0.643. The molecule has 0 bridgehead atoms. The first-order valence-electron chi connectivity index (χ1n) is 7.93. The van der Waals surface area contributed by atoms with E-state index in [0.717, 1.165) is 18.9 Å². The summed E-state index contributed by atoms with van der Waals surface area (Å²) in [5.74, 6) is 0. The van der Waals surface area contributed by atoms with Crippen LogP contribution in [-0.4, -0.2) is 20.5 Å². The molecular weight excluding hydrogens is 276 g/mol. The summed E-state index contributed by atoms with van der Waals surface area (Å²) in [5, 5.41) is 0. The number of benzene rings is 1. The third-order valence-electron chi connectivity index (χ3n) is 2.78. The van der Waals surface area contributed by atoms with Gasteiger partial charge in [-0.15, -0.1) is 0 Å². The van der Waals surface area contributed by atoms with Gasteiger partial charge in [-0.3, -0.25) is 0 Å². The Morgan fingerprint density at radius 2 is 1.33 bits per heavy atom. The number of unbranched alkanes of at least 4 members (excludes halogenated alkanes) is 1. The van der Waals surface area contributed by atoms with Crippen LogP contribution in [0.25, 0.3) is 0 Å². The molecule has 0 atom stereocenters. The van der Waals surface area contributed by atoms with Crippen LogP contribution in [0, 0.1) is 0 Å². The van der Waals surface area contributed by atoms with Gasteiger partial charge in [-0.1, -0.05) is 36.8 Å². The van der Waals surface area contributed by atoms with Gasteiger partial charge in [-0.2, -0.15) is 0 Å². The molecule has 21 heavy (non-hydrogen) atoms. The third kappa shape index (κ3) is 9.83. The molecule has 0 spiro atoms. The third-order valence-corrected chi connectivity index (χ3v) is 5.22. The lowest BCUT2D eigenvalue weighted by Crippen LogP contribution is -2.38. The highest BCUT2D eigenvalue weighted by Gasteiger charge is 2.27. The number of rotatable bonds is 7. The van der Waals surface area contributed by atoms with E-state index in [9.17, 15) is 0 Å². The van der Waals surface area contributed by atoms with Crippen LogP contribution >= 0.6 is 0 Å². The minimum absolute atomic E-state index is 0.126. The molecule has 1 radical (unpaired) electrons. The molecule has 0 heterocycles. The summed E-state index contributed by atoms with van der Waals surface area (Å²) in [6, 6.07) is 11.7. The Kier molecular flexibility index (Phi) is 7.11. The first kappa shape index (κ1) is 18.4. The summed E-state index contributed by atoms with van der Waals surface area (Å²) in [6.07, 6.45) is 3.50. The number of aryl methyl sites for hydroxylation is 1. The minimum Gasteiger partial charge on any atom is -0.388 e. The van der Waals surface area contributed by atoms with Gasteiger partial charge in [0.05, 0.1) is 0 Å². The maximum atomic E-state index is 6.15. The summed E-state index contributed by atoms with van der Waals surface area (Å²) in [4.78, 5) is 0. The quantitative estimate of drug-likeness (QED) is 0.513. The Balaban J connectivity index is 2.38. The van der Waals surface area contributed by atoms with Gasteiger partial charge in [0.15, 0.2) is 0 Å². The molecule has 0 amide bonds. The average molecular weight is 308 g/mol. The van der Waals surface area contributed by atoms with Crippen LogP contribution in [-0.2, 0) is 15.3 Å². The zero-order chi connectivity index (χ0) is 15.9. The zero-order valence-electron chi connectivity index (χ0n) is 14.5. The van der Waals surface area contributed by atoms with Crippen molar-refractivity contribution in [3.8, 4) is 0 Å². The Morgan fingerprint density at radius 3 is 1.81 bits per heavy atom. The van der Waals surface area contributed by atoms with Crippen molar-refractivity contribution in [3.63, 3.8) is 0 Å². The summed E-state index contributed by atoms with van der Waals surface area (Å²) < 4.78 is 12.3. The minimum atomic E-state index is -1.21. The molecule has 0 aromatic heterocycles. The van der Waals surface area contributed by atoms with Gasteiger partial charge >= 0.3 is 9.28 Å². The molecular formula is C18H31O2Si. The predicted molar refractivity (Wildman–Crippen MR) is 91.6 cm³/mol. The molecule has 3 heteroatoms. The van der Waals surface area contributed by atoms with Gasteiger partial charge in [-0.25, -0.2) is 0 Å². The maximum absolute atomic E-state index is 6.15. The second kappa shape index (κ2) is 8.11. The van der Waals surface area contributed by atoms with Crippen molar-refractivity contribution >= 4 is 9.28 Å². The number of hydrogen-bond donors (Lipinski definition) is 0. The van der Waals surface area contributed by atoms with Crippen LogP contribution in [0.3, 0.4) is 0 Å². The molecule has 0 aliphatic rings. The molecule has 1 rings (SSSR count). The van der Waals surface area contributed by atoms with E-state index in [0.29, 0.717) is 0 Å². The van der Waals surface area contributed by atoms with Crippen LogP contribution < -0.4 is 0 Å². The van der Waals surface area contributed by atoms with Gasteiger partial charge in [0.1, 0.15) is 0 Å². The average Bonchev–Trinajstić information content (AvgIpc) is 2.32. The zero-order valence-corrected chi connectivity index (χ0v) is 15.5. The summed E-state index contributed by atoms with van der Waals surface area (Å²) in [7, 11) is -1.21. The van der Waals surface area contributed by atoms with Crippen molar-refractivity contribution in [3.05, 3.63) is 35.9 Å². The molecule has 1 aromatic carbocycles. The van der Waals surface area contributed by atoms with Crippen LogP contribution in [0.5, 0.6) is 0 Å². The molecule has 0 saturated carbocycles. The standard InChI is InChI=1S/C18H31O2Si/c1-17(2,3)19-21(20-18(4,5)6)15-11-10-14-16-12-8-7-9-13-16/h7-9,12-13H,10-11,14-15H2,1-6H3. The molecule has 0 saturated heterocycles. The smallest absolute Gasteiger partial charge is 0.385 e. The van der Waals surface area contributed by atoms with E-state index in [4.69, 9.17) is 8.85 Å². The van der Waals surface area contributed by atoms with Gasteiger partial charge in [0, 0.05) is 11.2 Å². The van der Waals surface area contributed by atoms with Crippen molar-refractivity contribution in [2.75, 3.05) is 0 Å². The van der Waals surface area contributed by atoms with Gasteiger partial charge in [0.25, 0.3) is 0 Å². The van der Waals surface area contributed by atoms with Gasteiger partial charge in [0.2, 0.25) is 0 Å². The lowest BCUT2D eigenvalue weighted by molar-refractivity contribution is 0.0335. The number of hydrogen-bond acceptors (Lipinski definition) is 2. The van der Waals surface area contributed by atoms with Crippen molar-refractivity contribution in [2.45, 2.75) is 78.1 Å². The maximum Gasteiger partial charge on any atom is 0.385 e. The molecule has 119 valence electrons. The molecule has 2 nitrogen and oxygen atoms in total. The van der Waals surface area contributed by atoms with E-state index >= 15 is 0 Å². The fraction of sp³-hybridized carbons (Fsp3) is 0.667. The largest absolute Gasteiger partial charge is 0.388 e. The van der Waals surface area contributed by atoms with E-state index in [1.165, 1.54) is 12.0 Å². The van der Waals surface area contributed by atoms with E-state index < -0.39 is 9.28 Å². The van der Waals surface area contributed by atoms with Crippen LogP contribution in [0.15, 0.2) is 30.3 Å². The highest BCUT2D eigenvalue weighted by Crippen LogP contribution is 2.20. The highest BCUT2D eigenvalue weighted by molar-refractivity contribution is 6.44. The first-order chi connectivity index (χ1) is 9.66. The monoisotopic (exact) mass is 307 g/mol. The molecule has 0 aliphatic heterocycles. The van der Waals surface area contributed by atoms with Crippen LogP contribution in [0.1, 0.15) is 59.9 Å². The topological polar surface area (TPSA) is 18.5 Å². The van der Waals surface area contributed by atoms with Gasteiger partial charge in [-0.05, 0) is 66.0 Å². The van der Waals surface area contributed by atoms with Crippen LogP contribution in [0.2, 0.25) is 6.04 Å². The van der Waals surface area contributed by atoms with Crippen LogP contribution in [0.4, 0.5) is 0 Å². The Bertz CT molecular complexity index is 374. The Labute approximate surface area is 132 Å². The lowest BCUT2D eigenvalue weighted by atomic mass is 10.1. The molecule has 0 aliphatic carbocycles. The Morgan fingerprint density at radius 1 is 0.810 bits per heavy atom. The van der Waals surface area contributed by atoms with E-state index in [1.807, 2.05) is 0 Å². The molecule has 1 aromatic rings. The summed E-state index contributed by atoms with van der Waals surface area (Å²) in [5.41, 5.74) is 1.16. The van der Waals surface area contributed by atoms with Gasteiger partial charge < -0.3 is 8.85 Å².